The van der Waals surface area contributed by atoms with Crippen molar-refractivity contribution in [1.29, 1.82) is 0 Å². The molecule has 3 rings (SSSR count). The first-order valence-electron chi connectivity index (χ1n) is 11.6. The Kier molecular flexibility index (Phi) is 8.68. The maximum Gasteiger partial charge on any atom is 0.243 e. The van der Waals surface area contributed by atoms with E-state index in [1.54, 1.807) is 36.4 Å². The summed E-state index contributed by atoms with van der Waals surface area (Å²) in [6.45, 7) is 6.97. The molecular weight excluding hydrogens is 454 g/mol. The Hall–Kier alpha value is -2.91. The summed E-state index contributed by atoms with van der Waals surface area (Å²) in [5.41, 5.74) is 1.70. The van der Waals surface area contributed by atoms with Gasteiger partial charge >= 0.3 is 0 Å². The number of carbonyl (C=O) groups is 2. The molecule has 2 aromatic rings. The lowest BCUT2D eigenvalue weighted by molar-refractivity contribution is -0.128. The van der Waals surface area contributed by atoms with E-state index in [0.717, 1.165) is 11.3 Å². The van der Waals surface area contributed by atoms with E-state index in [1.807, 2.05) is 19.1 Å². The molecule has 0 saturated carbocycles. The van der Waals surface area contributed by atoms with Crippen molar-refractivity contribution in [3.63, 3.8) is 0 Å². The van der Waals surface area contributed by atoms with Crippen LogP contribution in [0.25, 0.3) is 0 Å². The third-order valence-electron chi connectivity index (χ3n) is 5.88. The zero-order valence-corrected chi connectivity index (χ0v) is 20.7. The zero-order valence-electron chi connectivity index (χ0n) is 19.9. The molecule has 1 fully saturated rings. The van der Waals surface area contributed by atoms with Gasteiger partial charge < -0.3 is 15.4 Å². The summed E-state index contributed by atoms with van der Waals surface area (Å²) in [5, 5.41) is 5.39. The number of nitrogens with one attached hydrogen (secondary N) is 2. The summed E-state index contributed by atoms with van der Waals surface area (Å²) >= 11 is 0. The molecule has 34 heavy (non-hydrogen) atoms. The van der Waals surface area contributed by atoms with Gasteiger partial charge in [0.25, 0.3) is 0 Å². The Bertz CT molecular complexity index is 1070. The number of hydrogen-bond acceptors (Lipinski definition) is 5. The average Bonchev–Trinajstić information content (AvgIpc) is 2.84. The summed E-state index contributed by atoms with van der Waals surface area (Å²) in [6, 6.07) is 14.0. The van der Waals surface area contributed by atoms with Crippen LogP contribution >= 0.6 is 0 Å². The lowest BCUT2D eigenvalue weighted by atomic mass is 9.97. The van der Waals surface area contributed by atoms with Gasteiger partial charge in [0, 0.05) is 24.7 Å². The highest BCUT2D eigenvalue weighted by Gasteiger charge is 2.32. The van der Waals surface area contributed by atoms with Crippen LogP contribution in [0.3, 0.4) is 0 Å². The van der Waals surface area contributed by atoms with Gasteiger partial charge in [-0.05, 0) is 67.6 Å². The summed E-state index contributed by atoms with van der Waals surface area (Å²) in [4.78, 5) is 25.0. The van der Waals surface area contributed by atoms with Gasteiger partial charge in [0.05, 0.1) is 18.0 Å². The van der Waals surface area contributed by atoms with Crippen molar-refractivity contribution in [3.05, 3.63) is 54.1 Å². The molecule has 8 nitrogen and oxygen atoms in total. The van der Waals surface area contributed by atoms with Gasteiger partial charge in [-0.15, -0.1) is 0 Å². The molecule has 1 saturated heterocycles. The third-order valence-corrected chi connectivity index (χ3v) is 7.79. The molecule has 184 valence electrons. The summed E-state index contributed by atoms with van der Waals surface area (Å²) < 4.78 is 32.7. The fourth-order valence-corrected chi connectivity index (χ4v) is 5.32. The van der Waals surface area contributed by atoms with Crippen LogP contribution in [0, 0.1) is 5.92 Å². The molecule has 2 aromatic carbocycles. The zero-order chi connectivity index (χ0) is 24.7. The number of carbonyl (C=O) groups excluding carboxylic acids is 2. The van der Waals surface area contributed by atoms with Crippen molar-refractivity contribution in [2.75, 3.05) is 31.6 Å². The van der Waals surface area contributed by atoms with Gasteiger partial charge in [-0.2, -0.15) is 4.31 Å². The SMILES string of the molecule is CCOc1ccc(NC(=O)CNC(=O)C2CCN(S(=O)(=O)c3ccc(C(C)C)cc3)CC2)cc1. The minimum Gasteiger partial charge on any atom is -0.494 e. The second-order valence-corrected chi connectivity index (χ2v) is 10.6. The predicted molar refractivity (Wildman–Crippen MR) is 131 cm³/mol. The van der Waals surface area contributed by atoms with E-state index in [4.69, 9.17) is 4.74 Å². The van der Waals surface area contributed by atoms with Crippen LogP contribution in [0.15, 0.2) is 53.4 Å². The minimum atomic E-state index is -3.59. The summed E-state index contributed by atoms with van der Waals surface area (Å²) in [6.07, 6.45) is 0.825. The Labute approximate surface area is 201 Å². The standard InChI is InChI=1S/C25H33N3O5S/c1-4-33-22-9-7-21(8-10-22)27-24(29)17-26-25(30)20-13-15-28(16-14-20)34(31,32)23-11-5-19(6-12-23)18(2)3/h5-12,18,20H,4,13-17H2,1-3H3,(H,26,30)(H,27,29). The number of nitrogens with zero attached hydrogens (tertiary/aromatic N) is 1. The molecule has 0 atom stereocenters. The van der Waals surface area contributed by atoms with Gasteiger partial charge in [-0.3, -0.25) is 9.59 Å². The van der Waals surface area contributed by atoms with E-state index in [2.05, 4.69) is 24.5 Å². The smallest absolute Gasteiger partial charge is 0.243 e. The highest BCUT2D eigenvalue weighted by atomic mass is 32.2. The van der Waals surface area contributed by atoms with Crippen molar-refractivity contribution in [2.24, 2.45) is 5.92 Å². The van der Waals surface area contributed by atoms with Crippen molar-refractivity contribution in [2.45, 2.75) is 44.4 Å². The monoisotopic (exact) mass is 487 g/mol. The van der Waals surface area contributed by atoms with Crippen LogP contribution in [0.2, 0.25) is 0 Å². The third kappa shape index (κ3) is 6.57. The van der Waals surface area contributed by atoms with Crippen molar-refractivity contribution < 1.29 is 22.7 Å². The molecule has 0 spiro atoms. The normalized spacial score (nSPS) is 15.2. The molecule has 0 unspecified atom stereocenters. The lowest BCUT2D eigenvalue weighted by Gasteiger charge is -2.30. The van der Waals surface area contributed by atoms with Crippen molar-refractivity contribution >= 4 is 27.5 Å². The average molecular weight is 488 g/mol. The number of ether oxygens (including phenoxy) is 1. The number of sulfonamides is 1. The summed E-state index contributed by atoms with van der Waals surface area (Å²) in [5.74, 6) is 0.152. The van der Waals surface area contributed by atoms with Crippen molar-refractivity contribution in [3.8, 4) is 5.75 Å². The number of piperidine rings is 1. The Morgan fingerprint density at radius 1 is 1.03 bits per heavy atom. The highest BCUT2D eigenvalue weighted by molar-refractivity contribution is 7.89. The molecule has 0 aromatic heterocycles. The Balaban J connectivity index is 1.46. The maximum absolute atomic E-state index is 13.0. The van der Waals surface area contributed by atoms with Crippen molar-refractivity contribution in [1.82, 2.24) is 9.62 Å². The maximum atomic E-state index is 13.0. The predicted octanol–water partition coefficient (Wildman–Crippen LogP) is 3.36. The number of rotatable bonds is 9. The number of amides is 2. The first-order valence-corrected chi connectivity index (χ1v) is 13.0. The lowest BCUT2D eigenvalue weighted by Crippen LogP contribution is -2.44. The number of benzene rings is 2. The molecule has 0 radical (unpaired) electrons. The van der Waals surface area contributed by atoms with E-state index in [-0.39, 0.29) is 42.3 Å². The van der Waals surface area contributed by atoms with Crippen LogP contribution in [0.4, 0.5) is 5.69 Å². The topological polar surface area (TPSA) is 105 Å². The first-order chi connectivity index (χ1) is 16.2. The second kappa shape index (κ2) is 11.5. The molecule has 0 aliphatic carbocycles. The van der Waals surface area contributed by atoms with Crippen LogP contribution in [-0.4, -0.2) is 50.8 Å². The molecule has 1 heterocycles. The van der Waals surface area contributed by atoms with E-state index in [1.165, 1.54) is 4.31 Å². The van der Waals surface area contributed by atoms with E-state index in [9.17, 15) is 18.0 Å². The molecule has 9 heteroatoms. The Morgan fingerprint density at radius 3 is 2.21 bits per heavy atom. The fraction of sp³-hybridized carbons (Fsp3) is 0.440. The number of anilines is 1. The van der Waals surface area contributed by atoms with Gasteiger partial charge in [0.15, 0.2) is 0 Å². The molecular formula is C25H33N3O5S. The van der Waals surface area contributed by atoms with Crippen LogP contribution in [0.5, 0.6) is 5.75 Å². The highest BCUT2D eigenvalue weighted by Crippen LogP contribution is 2.25. The minimum absolute atomic E-state index is 0.146. The second-order valence-electron chi connectivity index (χ2n) is 8.63. The molecule has 1 aliphatic rings. The largest absolute Gasteiger partial charge is 0.494 e. The Morgan fingerprint density at radius 2 is 1.65 bits per heavy atom. The molecule has 0 bridgehead atoms. The van der Waals surface area contributed by atoms with Gasteiger partial charge in [0.2, 0.25) is 21.8 Å². The van der Waals surface area contributed by atoms with E-state index in [0.29, 0.717) is 31.1 Å². The van der Waals surface area contributed by atoms with Gasteiger partial charge in [-0.25, -0.2) is 8.42 Å². The van der Waals surface area contributed by atoms with E-state index < -0.39 is 10.0 Å². The number of hydrogen-bond donors (Lipinski definition) is 2. The van der Waals surface area contributed by atoms with Gasteiger partial charge in [0.1, 0.15) is 5.75 Å². The van der Waals surface area contributed by atoms with E-state index >= 15 is 0 Å². The van der Waals surface area contributed by atoms with Crippen LogP contribution in [0.1, 0.15) is 45.1 Å². The quantitative estimate of drug-likeness (QED) is 0.564. The fourth-order valence-electron chi connectivity index (χ4n) is 3.85. The molecule has 2 amide bonds. The summed E-state index contributed by atoms with van der Waals surface area (Å²) in [7, 11) is -3.59. The molecule has 2 N–H and O–H groups in total. The van der Waals surface area contributed by atoms with Crippen LogP contribution < -0.4 is 15.4 Å². The first kappa shape index (κ1) is 25.7. The molecule has 1 aliphatic heterocycles. The van der Waals surface area contributed by atoms with Crippen LogP contribution in [-0.2, 0) is 19.6 Å². The van der Waals surface area contributed by atoms with Gasteiger partial charge in [-0.1, -0.05) is 26.0 Å².